The van der Waals surface area contributed by atoms with Crippen LogP contribution in [0, 0.1) is 5.92 Å². The van der Waals surface area contributed by atoms with E-state index in [9.17, 15) is 9.90 Å². The van der Waals surface area contributed by atoms with Crippen LogP contribution in [0.1, 0.15) is 38.9 Å². The zero-order valence-electron chi connectivity index (χ0n) is 11.2. The molecule has 1 aromatic heterocycles. The predicted molar refractivity (Wildman–Crippen MR) is 70.9 cm³/mol. The number of rotatable bonds is 2. The molecular formula is C13H21N3O2. The lowest BCUT2D eigenvalue weighted by molar-refractivity contribution is 0.102. The molecule has 0 bridgehead atoms. The van der Waals surface area contributed by atoms with Crippen LogP contribution in [0.5, 0.6) is 0 Å². The largest absolute Gasteiger partial charge is 0.391 e. The summed E-state index contributed by atoms with van der Waals surface area (Å²) in [6.07, 6.45) is 0.578. The number of β-amino-alcohol motifs (C(OH)–C–C–N with tert-alkyl or cyclic N) is 1. The molecule has 2 N–H and O–H groups in total. The van der Waals surface area contributed by atoms with Crippen molar-refractivity contribution in [2.24, 2.45) is 5.92 Å². The smallest absolute Gasteiger partial charge is 0.252 e. The number of nitrogens with zero attached hydrogens (tertiary/aromatic N) is 2. The van der Waals surface area contributed by atoms with Crippen LogP contribution in [-0.4, -0.2) is 34.3 Å². The fourth-order valence-electron chi connectivity index (χ4n) is 2.16. The van der Waals surface area contributed by atoms with Crippen molar-refractivity contribution in [3.8, 4) is 0 Å². The molecule has 2 heterocycles. The molecule has 5 nitrogen and oxygen atoms in total. The Morgan fingerprint density at radius 2 is 2.28 bits per heavy atom. The Labute approximate surface area is 107 Å². The van der Waals surface area contributed by atoms with Gasteiger partial charge in [-0.1, -0.05) is 20.8 Å². The lowest BCUT2D eigenvalue weighted by Crippen LogP contribution is -2.43. The normalized spacial score (nSPS) is 24.6. The van der Waals surface area contributed by atoms with E-state index in [0.29, 0.717) is 24.1 Å². The summed E-state index contributed by atoms with van der Waals surface area (Å²) in [5.41, 5.74) is -0.128. The van der Waals surface area contributed by atoms with Crippen molar-refractivity contribution in [3.05, 3.63) is 22.2 Å². The maximum atomic E-state index is 11.6. The Kier molecular flexibility index (Phi) is 3.71. The number of aliphatic hydroxyl groups excluding tert-OH is 1. The number of H-pyrrole nitrogens is 1. The van der Waals surface area contributed by atoms with E-state index in [1.165, 1.54) is 6.07 Å². The number of aromatic nitrogens is 2. The monoisotopic (exact) mass is 251 g/mol. The molecule has 0 saturated carbocycles. The average Bonchev–Trinajstić information content (AvgIpc) is 2.31. The third-order valence-electron chi connectivity index (χ3n) is 3.54. The molecule has 1 fully saturated rings. The molecule has 0 aliphatic carbocycles. The van der Waals surface area contributed by atoms with Crippen molar-refractivity contribution < 1.29 is 5.11 Å². The minimum absolute atomic E-state index is 0.128. The highest BCUT2D eigenvalue weighted by Gasteiger charge is 2.25. The molecule has 1 aromatic rings. The van der Waals surface area contributed by atoms with E-state index >= 15 is 0 Å². The fraction of sp³-hybridized carbons (Fsp3) is 0.692. The van der Waals surface area contributed by atoms with Gasteiger partial charge in [-0.25, -0.2) is 4.98 Å². The number of hydrogen-bond acceptors (Lipinski definition) is 4. The van der Waals surface area contributed by atoms with Crippen molar-refractivity contribution in [1.29, 1.82) is 0 Å². The number of anilines is 1. The Morgan fingerprint density at radius 3 is 2.89 bits per heavy atom. The molecule has 0 amide bonds. The number of aliphatic hydroxyl groups is 1. The second-order valence-electron chi connectivity index (χ2n) is 5.42. The van der Waals surface area contributed by atoms with Gasteiger partial charge < -0.3 is 15.0 Å². The van der Waals surface area contributed by atoms with Gasteiger partial charge in [-0.05, 0) is 12.3 Å². The molecule has 5 heteroatoms. The molecular weight excluding hydrogens is 230 g/mol. The summed E-state index contributed by atoms with van der Waals surface area (Å²) in [7, 11) is 0. The maximum absolute atomic E-state index is 11.6. The molecule has 1 aliphatic heterocycles. The van der Waals surface area contributed by atoms with E-state index in [1.54, 1.807) is 0 Å². The summed E-state index contributed by atoms with van der Waals surface area (Å²) in [6.45, 7) is 7.43. The molecule has 0 aromatic carbocycles. The van der Waals surface area contributed by atoms with Gasteiger partial charge in [-0.15, -0.1) is 0 Å². The summed E-state index contributed by atoms with van der Waals surface area (Å²) in [4.78, 5) is 20.8. The van der Waals surface area contributed by atoms with Crippen LogP contribution in [0.15, 0.2) is 10.9 Å². The van der Waals surface area contributed by atoms with Gasteiger partial charge >= 0.3 is 0 Å². The summed E-state index contributed by atoms with van der Waals surface area (Å²) in [5.74, 6) is 1.87. The molecule has 100 valence electrons. The minimum atomic E-state index is -0.345. The van der Waals surface area contributed by atoms with Gasteiger partial charge in [0.15, 0.2) is 0 Å². The van der Waals surface area contributed by atoms with Crippen LogP contribution in [0.25, 0.3) is 0 Å². The van der Waals surface area contributed by atoms with Crippen LogP contribution in [0.4, 0.5) is 5.82 Å². The predicted octanol–water partition coefficient (Wildman–Crippen LogP) is 1.10. The molecule has 18 heavy (non-hydrogen) atoms. The molecule has 1 aliphatic rings. The third kappa shape index (κ3) is 2.72. The zero-order valence-corrected chi connectivity index (χ0v) is 11.2. The molecule has 0 spiro atoms. The van der Waals surface area contributed by atoms with Gasteiger partial charge in [0.05, 0.1) is 6.10 Å². The molecule has 0 radical (unpaired) electrons. The van der Waals surface area contributed by atoms with E-state index in [0.717, 1.165) is 13.0 Å². The van der Waals surface area contributed by atoms with E-state index in [1.807, 2.05) is 25.7 Å². The number of piperidine rings is 1. The third-order valence-corrected chi connectivity index (χ3v) is 3.54. The Hall–Kier alpha value is -1.36. The van der Waals surface area contributed by atoms with Gasteiger partial charge in [0.25, 0.3) is 5.56 Å². The quantitative estimate of drug-likeness (QED) is 0.826. The van der Waals surface area contributed by atoms with Gasteiger partial charge in [-0.2, -0.15) is 0 Å². The molecule has 2 unspecified atom stereocenters. The molecule has 1 saturated heterocycles. The van der Waals surface area contributed by atoms with E-state index in [2.05, 4.69) is 9.97 Å². The van der Waals surface area contributed by atoms with Crippen LogP contribution in [0.3, 0.4) is 0 Å². The lowest BCUT2D eigenvalue weighted by atomic mass is 9.96. The highest BCUT2D eigenvalue weighted by atomic mass is 16.3. The first kappa shape index (κ1) is 13.1. The van der Waals surface area contributed by atoms with Gasteiger partial charge in [0, 0.05) is 25.1 Å². The Morgan fingerprint density at radius 1 is 1.56 bits per heavy atom. The van der Waals surface area contributed by atoms with Crippen LogP contribution >= 0.6 is 0 Å². The highest BCUT2D eigenvalue weighted by Crippen LogP contribution is 2.21. The van der Waals surface area contributed by atoms with Crippen molar-refractivity contribution in [2.45, 2.75) is 39.2 Å². The first-order valence-electron chi connectivity index (χ1n) is 6.51. The average molecular weight is 251 g/mol. The second kappa shape index (κ2) is 5.10. The van der Waals surface area contributed by atoms with E-state index in [-0.39, 0.29) is 17.6 Å². The van der Waals surface area contributed by atoms with Crippen LogP contribution in [-0.2, 0) is 0 Å². The first-order chi connectivity index (χ1) is 8.47. The van der Waals surface area contributed by atoms with Crippen molar-refractivity contribution in [1.82, 2.24) is 9.97 Å². The summed E-state index contributed by atoms with van der Waals surface area (Å²) >= 11 is 0. The maximum Gasteiger partial charge on any atom is 0.252 e. The molecule has 2 atom stereocenters. The molecule has 2 rings (SSSR count). The summed E-state index contributed by atoms with van der Waals surface area (Å²) in [6, 6.07) is 1.51. The topological polar surface area (TPSA) is 69.2 Å². The van der Waals surface area contributed by atoms with E-state index in [4.69, 9.17) is 0 Å². The van der Waals surface area contributed by atoms with Crippen molar-refractivity contribution in [2.75, 3.05) is 18.0 Å². The second-order valence-corrected chi connectivity index (χ2v) is 5.42. The summed E-state index contributed by atoms with van der Waals surface area (Å²) < 4.78 is 0. The van der Waals surface area contributed by atoms with Gasteiger partial charge in [-0.3, -0.25) is 4.79 Å². The zero-order chi connectivity index (χ0) is 13.3. The summed E-state index contributed by atoms with van der Waals surface area (Å²) in [5, 5.41) is 9.90. The van der Waals surface area contributed by atoms with Gasteiger partial charge in [0.2, 0.25) is 0 Å². The Balaban J connectivity index is 2.25. The van der Waals surface area contributed by atoms with Crippen molar-refractivity contribution >= 4 is 5.82 Å². The lowest BCUT2D eigenvalue weighted by Gasteiger charge is -2.35. The number of hydrogen-bond donors (Lipinski definition) is 2. The Bertz CT molecular complexity index is 470. The standard InChI is InChI=1S/C13H21N3O2/c1-8(2)13-14-11(6-12(18)15-13)16-5-4-9(3)10(17)7-16/h6,8-10,17H,4-5,7H2,1-3H3,(H,14,15,18). The highest BCUT2D eigenvalue weighted by molar-refractivity contribution is 5.38. The minimum Gasteiger partial charge on any atom is -0.391 e. The van der Waals surface area contributed by atoms with Crippen LogP contribution in [0.2, 0.25) is 0 Å². The van der Waals surface area contributed by atoms with Crippen LogP contribution < -0.4 is 10.5 Å². The SMILES string of the molecule is CC(C)c1nc(N2CCC(C)C(O)C2)cc(=O)[nH]1. The van der Waals surface area contributed by atoms with Crippen molar-refractivity contribution in [3.63, 3.8) is 0 Å². The number of aromatic amines is 1. The fourth-order valence-corrected chi connectivity index (χ4v) is 2.16. The number of nitrogens with one attached hydrogen (secondary N) is 1. The first-order valence-corrected chi connectivity index (χ1v) is 6.51. The van der Waals surface area contributed by atoms with E-state index < -0.39 is 0 Å². The van der Waals surface area contributed by atoms with Gasteiger partial charge in [0.1, 0.15) is 11.6 Å².